The molecule has 0 atom stereocenters. The first-order valence-electron chi connectivity index (χ1n) is 8.90. The van der Waals surface area contributed by atoms with E-state index in [0.29, 0.717) is 24.6 Å². The summed E-state index contributed by atoms with van der Waals surface area (Å²) in [5, 5.41) is 0. The van der Waals surface area contributed by atoms with Crippen molar-refractivity contribution in [3.05, 3.63) is 0 Å². The third-order valence-electron chi connectivity index (χ3n) is 4.03. The Kier molecular flexibility index (Phi) is 10.5. The molecule has 0 unspecified atom stereocenters. The van der Waals surface area contributed by atoms with Crippen LogP contribution >= 0.6 is 11.8 Å². The molecule has 0 spiro atoms. The lowest BCUT2D eigenvalue weighted by atomic mass is 9.93. The highest BCUT2D eigenvalue weighted by Gasteiger charge is 2.90. The highest BCUT2D eigenvalue weighted by Crippen LogP contribution is 2.60. The Morgan fingerprint density at radius 3 is 1.66 bits per heavy atom. The van der Waals surface area contributed by atoms with E-state index in [1.54, 1.807) is 6.92 Å². The average molecular weight is 522 g/mol. The van der Waals surface area contributed by atoms with Gasteiger partial charge in [-0.3, -0.25) is 4.79 Å². The number of rotatable bonds is 14. The van der Waals surface area contributed by atoms with Gasteiger partial charge in [-0.15, -0.1) is 0 Å². The van der Waals surface area contributed by atoms with Crippen molar-refractivity contribution in [2.24, 2.45) is 0 Å². The number of hydrogen-bond donors (Lipinski definition) is 0. The maximum absolute atomic E-state index is 13.5. The van der Waals surface area contributed by atoms with Crippen LogP contribution in [0.15, 0.2) is 0 Å². The van der Waals surface area contributed by atoms with Gasteiger partial charge in [0.2, 0.25) is 0 Å². The molecule has 0 aromatic heterocycles. The predicted octanol–water partition coefficient (Wildman–Crippen LogP) is 6.97. The number of unbranched alkanes of at least 4 members (excludes halogenated alkanes) is 2. The topological polar surface area (TPSA) is 26.3 Å². The van der Waals surface area contributed by atoms with Crippen LogP contribution in [0, 0.1) is 0 Å². The molecule has 0 aromatic rings. The van der Waals surface area contributed by atoms with Crippen LogP contribution in [-0.4, -0.2) is 59.9 Å². The largest absolute Gasteiger partial charge is 0.466 e. The molecular formula is C16H19F13O2S. The lowest BCUT2D eigenvalue weighted by Gasteiger charge is -2.39. The van der Waals surface area contributed by atoms with Crippen LogP contribution in [0.25, 0.3) is 0 Å². The molecule has 0 bridgehead atoms. The van der Waals surface area contributed by atoms with Crippen LogP contribution in [-0.2, 0) is 9.53 Å². The van der Waals surface area contributed by atoms with E-state index >= 15 is 0 Å². The summed E-state index contributed by atoms with van der Waals surface area (Å²) in [5.74, 6) is -38.1. The number of carbonyl (C=O) groups is 1. The first-order chi connectivity index (χ1) is 14.2. The fourth-order valence-electron chi connectivity index (χ4n) is 2.14. The molecule has 0 radical (unpaired) electrons. The van der Waals surface area contributed by atoms with Crippen LogP contribution in [0.4, 0.5) is 57.1 Å². The standard InChI is InChI=1S/C16H19F13O2S/c1-2-31-10(30)6-4-3-5-8-32-9-7-11(17,18)12(19,20)13(21,22)14(23,24)15(25,26)16(27,28)29/h2-9H2,1H3. The molecular weight excluding hydrogens is 503 g/mol. The fourth-order valence-corrected chi connectivity index (χ4v) is 3.16. The van der Waals surface area contributed by atoms with E-state index in [2.05, 4.69) is 4.74 Å². The maximum Gasteiger partial charge on any atom is 0.460 e. The molecule has 0 amide bonds. The van der Waals surface area contributed by atoms with E-state index in [1.165, 1.54) is 0 Å². The van der Waals surface area contributed by atoms with Crippen molar-refractivity contribution in [3.63, 3.8) is 0 Å². The SMILES string of the molecule is CCOC(=O)CCCCCSCCC(F)(F)C(F)(F)C(F)(F)C(F)(F)C(F)(F)C(F)(F)F. The van der Waals surface area contributed by atoms with Crippen molar-refractivity contribution in [1.29, 1.82) is 0 Å². The molecule has 0 aliphatic carbocycles. The molecule has 0 aromatic carbocycles. The van der Waals surface area contributed by atoms with Gasteiger partial charge in [-0.1, -0.05) is 6.42 Å². The molecule has 0 N–H and O–H groups in total. The summed E-state index contributed by atoms with van der Waals surface area (Å²) >= 11 is 0.503. The predicted molar refractivity (Wildman–Crippen MR) is 87.8 cm³/mol. The highest BCUT2D eigenvalue weighted by atomic mass is 32.2. The van der Waals surface area contributed by atoms with Crippen molar-refractivity contribution >= 4 is 17.7 Å². The third kappa shape index (κ3) is 6.49. The Morgan fingerprint density at radius 1 is 0.688 bits per heavy atom. The smallest absolute Gasteiger partial charge is 0.460 e. The van der Waals surface area contributed by atoms with Crippen LogP contribution in [0.2, 0.25) is 0 Å². The summed E-state index contributed by atoms with van der Waals surface area (Å²) in [6.45, 7) is 1.74. The Morgan fingerprint density at radius 2 is 1.19 bits per heavy atom. The van der Waals surface area contributed by atoms with Gasteiger partial charge >= 0.3 is 41.8 Å². The Bertz CT molecular complexity index is 605. The van der Waals surface area contributed by atoms with Gasteiger partial charge in [-0.2, -0.15) is 68.8 Å². The Labute approximate surface area is 178 Å². The minimum atomic E-state index is -7.86. The van der Waals surface area contributed by atoms with Crippen LogP contribution in [0.1, 0.15) is 39.0 Å². The van der Waals surface area contributed by atoms with Gasteiger partial charge in [0.15, 0.2) is 0 Å². The normalized spacial score (nSPS) is 14.6. The molecule has 16 heteroatoms. The molecule has 0 rings (SSSR count). The zero-order valence-electron chi connectivity index (χ0n) is 16.3. The van der Waals surface area contributed by atoms with Gasteiger partial charge in [-0.25, -0.2) is 0 Å². The molecule has 2 nitrogen and oxygen atoms in total. The Balaban J connectivity index is 4.95. The fraction of sp³-hybridized carbons (Fsp3) is 0.938. The van der Waals surface area contributed by atoms with Crippen LogP contribution < -0.4 is 0 Å². The molecule has 0 aliphatic rings. The van der Waals surface area contributed by atoms with Crippen molar-refractivity contribution in [1.82, 2.24) is 0 Å². The summed E-state index contributed by atoms with van der Waals surface area (Å²) in [6, 6.07) is 0. The van der Waals surface area contributed by atoms with Gasteiger partial charge in [0, 0.05) is 12.8 Å². The van der Waals surface area contributed by atoms with Crippen LogP contribution in [0.3, 0.4) is 0 Å². The molecule has 192 valence electrons. The van der Waals surface area contributed by atoms with E-state index in [1.807, 2.05) is 0 Å². The number of ether oxygens (including phenoxy) is 1. The summed E-state index contributed by atoms with van der Waals surface area (Å²) in [6.07, 6.45) is -8.59. The van der Waals surface area contributed by atoms with E-state index in [-0.39, 0.29) is 25.2 Å². The van der Waals surface area contributed by atoms with Gasteiger partial charge < -0.3 is 4.74 Å². The first kappa shape index (κ1) is 30.9. The van der Waals surface area contributed by atoms with E-state index in [0.717, 1.165) is 0 Å². The minimum Gasteiger partial charge on any atom is -0.466 e. The van der Waals surface area contributed by atoms with E-state index < -0.39 is 53.9 Å². The zero-order chi connectivity index (χ0) is 25.6. The molecule has 0 fully saturated rings. The molecule has 0 heterocycles. The second-order valence-electron chi connectivity index (χ2n) is 6.48. The second-order valence-corrected chi connectivity index (χ2v) is 7.70. The van der Waals surface area contributed by atoms with Crippen molar-refractivity contribution in [3.8, 4) is 0 Å². The summed E-state index contributed by atoms with van der Waals surface area (Å²) in [5.41, 5.74) is 0. The number of carbonyl (C=O) groups excluding carboxylic acids is 1. The molecule has 0 aliphatic heterocycles. The number of esters is 1. The van der Waals surface area contributed by atoms with Gasteiger partial charge in [0.25, 0.3) is 0 Å². The molecule has 0 saturated heterocycles. The quantitative estimate of drug-likeness (QED) is 0.140. The third-order valence-corrected chi connectivity index (χ3v) is 5.10. The number of thioether (sulfide) groups is 1. The molecule has 32 heavy (non-hydrogen) atoms. The number of halogens is 13. The van der Waals surface area contributed by atoms with Gasteiger partial charge in [-0.05, 0) is 31.3 Å². The number of hydrogen-bond acceptors (Lipinski definition) is 3. The monoisotopic (exact) mass is 522 g/mol. The highest BCUT2D eigenvalue weighted by molar-refractivity contribution is 7.99. The molecule has 0 saturated carbocycles. The van der Waals surface area contributed by atoms with Crippen molar-refractivity contribution in [2.45, 2.75) is 74.8 Å². The summed E-state index contributed by atoms with van der Waals surface area (Å²) in [7, 11) is 0. The van der Waals surface area contributed by atoms with Crippen molar-refractivity contribution in [2.75, 3.05) is 18.1 Å². The zero-order valence-corrected chi connectivity index (χ0v) is 17.1. The summed E-state index contributed by atoms with van der Waals surface area (Å²) in [4.78, 5) is 11.0. The van der Waals surface area contributed by atoms with E-state index in [4.69, 9.17) is 0 Å². The first-order valence-corrected chi connectivity index (χ1v) is 10.0. The lowest BCUT2D eigenvalue weighted by molar-refractivity contribution is -0.439. The minimum absolute atomic E-state index is 0.00315. The van der Waals surface area contributed by atoms with Gasteiger partial charge in [0.1, 0.15) is 0 Å². The Hall–Kier alpha value is -1.09. The average Bonchev–Trinajstić information content (AvgIpc) is 2.62. The van der Waals surface area contributed by atoms with Crippen LogP contribution in [0.5, 0.6) is 0 Å². The van der Waals surface area contributed by atoms with E-state index in [9.17, 15) is 61.9 Å². The maximum atomic E-state index is 13.5. The van der Waals surface area contributed by atoms with Crippen molar-refractivity contribution < 1.29 is 66.6 Å². The second kappa shape index (κ2) is 10.9. The van der Waals surface area contributed by atoms with Gasteiger partial charge in [0.05, 0.1) is 6.61 Å². The number of alkyl halides is 13. The lowest BCUT2D eigenvalue weighted by Crippen LogP contribution is -2.70. The summed E-state index contributed by atoms with van der Waals surface area (Å²) < 4.78 is 173.